The fraction of sp³-hybridized carbons (Fsp3) is 0.111. The van der Waals surface area contributed by atoms with Crippen LogP contribution in [0.4, 0.5) is 15.8 Å². The summed E-state index contributed by atoms with van der Waals surface area (Å²) in [6.45, 7) is 0. The van der Waals surface area contributed by atoms with E-state index in [0.717, 1.165) is 22.9 Å². The highest BCUT2D eigenvalue weighted by Gasteiger charge is 2.28. The van der Waals surface area contributed by atoms with E-state index in [1.165, 1.54) is 7.05 Å². The van der Waals surface area contributed by atoms with Crippen LogP contribution in [0, 0.1) is 15.9 Å². The van der Waals surface area contributed by atoms with Crippen LogP contribution in [-0.2, 0) is 17.1 Å². The number of halogens is 2. The van der Waals surface area contributed by atoms with Gasteiger partial charge in [0.15, 0.2) is 16.1 Å². The van der Waals surface area contributed by atoms with Gasteiger partial charge in [0.05, 0.1) is 4.92 Å². The molecule has 0 aliphatic rings. The van der Waals surface area contributed by atoms with E-state index in [2.05, 4.69) is 26.2 Å². The normalized spacial score (nSPS) is 11.4. The molecule has 2 aromatic rings. The summed E-state index contributed by atoms with van der Waals surface area (Å²) in [6.07, 6.45) is 0. The standard InChI is InChI=1S/C9H7BrFN5O4S/c1-15-9(8(10)12-14-15)21(19,20)13-7-5(11)3-2-4-6(7)16(17)18/h2-4,13H,1H3. The van der Waals surface area contributed by atoms with Gasteiger partial charge in [0.1, 0.15) is 0 Å². The number of aromatic nitrogens is 3. The van der Waals surface area contributed by atoms with Gasteiger partial charge < -0.3 is 0 Å². The average Bonchev–Trinajstić information content (AvgIpc) is 2.71. The number of nitrogens with zero attached hydrogens (tertiary/aromatic N) is 4. The van der Waals surface area contributed by atoms with Crippen LogP contribution in [-0.4, -0.2) is 28.3 Å². The third-order valence-electron chi connectivity index (χ3n) is 2.42. The largest absolute Gasteiger partial charge is 0.296 e. The number of para-hydroxylation sites is 1. The number of anilines is 1. The van der Waals surface area contributed by atoms with Crippen molar-refractivity contribution in [1.82, 2.24) is 15.0 Å². The Balaban J connectivity index is 2.55. The Labute approximate surface area is 126 Å². The summed E-state index contributed by atoms with van der Waals surface area (Å²) < 4.78 is 40.8. The summed E-state index contributed by atoms with van der Waals surface area (Å²) in [4.78, 5) is 9.95. The van der Waals surface area contributed by atoms with Crippen molar-refractivity contribution < 1.29 is 17.7 Å². The number of sulfonamides is 1. The number of aryl methyl sites for hydroxylation is 1. The molecular weight excluding hydrogens is 373 g/mol. The van der Waals surface area contributed by atoms with Crippen LogP contribution in [0.3, 0.4) is 0 Å². The summed E-state index contributed by atoms with van der Waals surface area (Å²) >= 11 is 2.89. The minimum Gasteiger partial charge on any atom is -0.269 e. The minimum absolute atomic E-state index is 0.100. The Hall–Kier alpha value is -2.08. The average molecular weight is 380 g/mol. The van der Waals surface area contributed by atoms with Gasteiger partial charge in [0.2, 0.25) is 5.03 Å². The molecule has 21 heavy (non-hydrogen) atoms. The van der Waals surface area contributed by atoms with Crippen LogP contribution in [0.15, 0.2) is 27.8 Å². The molecule has 0 unspecified atom stereocenters. The Morgan fingerprint density at radius 1 is 1.48 bits per heavy atom. The first-order valence-electron chi connectivity index (χ1n) is 5.25. The highest BCUT2D eigenvalue weighted by atomic mass is 79.9. The van der Waals surface area contributed by atoms with Crippen LogP contribution in [0.5, 0.6) is 0 Å². The van der Waals surface area contributed by atoms with Gasteiger partial charge in [-0.15, -0.1) is 5.10 Å². The van der Waals surface area contributed by atoms with Gasteiger partial charge in [-0.1, -0.05) is 11.3 Å². The molecule has 9 nitrogen and oxygen atoms in total. The van der Waals surface area contributed by atoms with Gasteiger partial charge >= 0.3 is 0 Å². The zero-order valence-electron chi connectivity index (χ0n) is 10.3. The molecule has 0 bridgehead atoms. The zero-order chi connectivity index (χ0) is 15.8. The molecular formula is C9H7BrFN5O4S. The summed E-state index contributed by atoms with van der Waals surface area (Å²) in [5.74, 6) is -1.07. The summed E-state index contributed by atoms with van der Waals surface area (Å²) in [7, 11) is -3.01. The second kappa shape index (κ2) is 5.37. The van der Waals surface area contributed by atoms with Crippen molar-refractivity contribution in [3.8, 4) is 0 Å². The molecule has 0 aliphatic heterocycles. The number of benzene rings is 1. The second-order valence-corrected chi connectivity index (χ2v) is 6.15. The molecule has 1 aromatic carbocycles. The maximum absolute atomic E-state index is 13.7. The van der Waals surface area contributed by atoms with E-state index < -0.39 is 32.1 Å². The highest BCUT2D eigenvalue weighted by molar-refractivity contribution is 9.10. The van der Waals surface area contributed by atoms with Gasteiger partial charge in [0, 0.05) is 13.1 Å². The molecule has 0 spiro atoms. The van der Waals surface area contributed by atoms with Crippen molar-refractivity contribution >= 4 is 37.3 Å². The van der Waals surface area contributed by atoms with E-state index >= 15 is 0 Å². The molecule has 0 aliphatic carbocycles. The lowest BCUT2D eigenvalue weighted by atomic mass is 10.2. The predicted molar refractivity (Wildman–Crippen MR) is 72.6 cm³/mol. The number of nitrogens with one attached hydrogen (secondary N) is 1. The highest BCUT2D eigenvalue weighted by Crippen LogP contribution is 2.30. The van der Waals surface area contributed by atoms with E-state index in [0.29, 0.717) is 0 Å². The summed E-state index contributed by atoms with van der Waals surface area (Å²) in [5.41, 5.74) is -1.46. The van der Waals surface area contributed by atoms with E-state index in [4.69, 9.17) is 0 Å². The Bertz CT molecular complexity index is 802. The van der Waals surface area contributed by atoms with Crippen LogP contribution < -0.4 is 4.72 Å². The molecule has 112 valence electrons. The van der Waals surface area contributed by atoms with Gasteiger partial charge in [-0.25, -0.2) is 9.07 Å². The second-order valence-electron chi connectivity index (χ2n) is 3.81. The van der Waals surface area contributed by atoms with Crippen LogP contribution >= 0.6 is 15.9 Å². The molecule has 0 amide bonds. The van der Waals surface area contributed by atoms with Crippen LogP contribution in [0.25, 0.3) is 0 Å². The maximum atomic E-state index is 13.7. The van der Waals surface area contributed by atoms with Gasteiger partial charge in [0.25, 0.3) is 15.7 Å². The van der Waals surface area contributed by atoms with E-state index in [9.17, 15) is 22.9 Å². The molecule has 1 N–H and O–H groups in total. The molecule has 0 saturated heterocycles. The fourth-order valence-corrected chi connectivity index (χ4v) is 3.74. The predicted octanol–water partition coefficient (Wildman–Crippen LogP) is 1.43. The Morgan fingerprint density at radius 2 is 2.14 bits per heavy atom. The fourth-order valence-electron chi connectivity index (χ4n) is 1.56. The van der Waals surface area contributed by atoms with Gasteiger partial charge in [-0.2, -0.15) is 8.42 Å². The van der Waals surface area contributed by atoms with Crippen molar-refractivity contribution in [1.29, 1.82) is 0 Å². The molecule has 2 rings (SSSR count). The quantitative estimate of drug-likeness (QED) is 0.633. The molecule has 0 atom stereocenters. The van der Waals surface area contributed by atoms with Crippen molar-refractivity contribution in [3.05, 3.63) is 38.7 Å². The summed E-state index contributed by atoms with van der Waals surface area (Å²) in [6, 6.07) is 2.99. The zero-order valence-corrected chi connectivity index (χ0v) is 12.7. The lowest BCUT2D eigenvalue weighted by Gasteiger charge is -2.09. The first-order valence-corrected chi connectivity index (χ1v) is 7.52. The maximum Gasteiger partial charge on any atom is 0.296 e. The molecule has 1 aromatic heterocycles. The topological polar surface area (TPSA) is 120 Å². The number of rotatable bonds is 4. The first kappa shape index (κ1) is 15.3. The molecule has 0 radical (unpaired) electrons. The summed E-state index contributed by atoms with van der Waals surface area (Å²) in [5, 5.41) is 17.4. The third kappa shape index (κ3) is 2.85. The van der Waals surface area contributed by atoms with Gasteiger partial charge in [-0.3, -0.25) is 14.8 Å². The number of hydrogen-bond donors (Lipinski definition) is 1. The van der Waals surface area contributed by atoms with Crippen molar-refractivity contribution in [3.63, 3.8) is 0 Å². The minimum atomic E-state index is -4.31. The Morgan fingerprint density at radius 3 is 2.67 bits per heavy atom. The molecule has 1 heterocycles. The molecule has 0 saturated carbocycles. The van der Waals surface area contributed by atoms with Crippen LogP contribution in [0.1, 0.15) is 0 Å². The van der Waals surface area contributed by atoms with E-state index in [1.54, 1.807) is 0 Å². The first-order chi connectivity index (χ1) is 9.74. The van der Waals surface area contributed by atoms with Crippen molar-refractivity contribution in [2.24, 2.45) is 7.05 Å². The number of nitro benzene ring substituents is 1. The van der Waals surface area contributed by atoms with E-state index in [-0.39, 0.29) is 9.63 Å². The van der Waals surface area contributed by atoms with Crippen molar-refractivity contribution in [2.75, 3.05) is 4.72 Å². The molecule has 0 fully saturated rings. The van der Waals surface area contributed by atoms with Crippen LogP contribution in [0.2, 0.25) is 0 Å². The SMILES string of the molecule is Cn1nnc(Br)c1S(=O)(=O)Nc1c(F)cccc1[N+](=O)[O-]. The van der Waals surface area contributed by atoms with Gasteiger partial charge in [-0.05, 0) is 22.0 Å². The molecule has 12 heteroatoms. The smallest absolute Gasteiger partial charge is 0.269 e. The lowest BCUT2D eigenvalue weighted by molar-refractivity contribution is -0.384. The van der Waals surface area contributed by atoms with Crippen molar-refractivity contribution in [2.45, 2.75) is 5.03 Å². The third-order valence-corrected chi connectivity index (χ3v) is 4.65. The monoisotopic (exact) mass is 379 g/mol. The van der Waals surface area contributed by atoms with E-state index in [1.807, 2.05) is 4.72 Å². The Kier molecular flexibility index (Phi) is 3.91. The number of nitro groups is 1. The lowest BCUT2D eigenvalue weighted by Crippen LogP contribution is -2.18. The number of hydrogen-bond acceptors (Lipinski definition) is 6.